The van der Waals surface area contributed by atoms with Gasteiger partial charge in [0, 0.05) is 25.9 Å². The highest BCUT2D eigenvalue weighted by Crippen LogP contribution is 2.19. The highest BCUT2D eigenvalue weighted by molar-refractivity contribution is 5.33. The zero-order chi connectivity index (χ0) is 13.2. The van der Waals surface area contributed by atoms with Gasteiger partial charge in [0.1, 0.15) is 18.2 Å². The lowest BCUT2D eigenvalue weighted by molar-refractivity contribution is 0.0800. The van der Waals surface area contributed by atoms with Crippen molar-refractivity contribution < 1.29 is 23.7 Å². The van der Waals surface area contributed by atoms with E-state index in [1.54, 1.807) is 7.11 Å². The summed E-state index contributed by atoms with van der Waals surface area (Å²) in [6.07, 6.45) is 0.842. The second-order valence-corrected chi connectivity index (χ2v) is 3.72. The van der Waals surface area contributed by atoms with Gasteiger partial charge in [0.15, 0.2) is 0 Å². The Morgan fingerprint density at radius 2 is 2.00 bits per heavy atom. The fraction of sp³-hybridized carbons (Fsp3) is 0.538. The molecule has 102 valence electrons. The Morgan fingerprint density at radius 1 is 1.17 bits per heavy atom. The molecular formula is C13H19FO4. The van der Waals surface area contributed by atoms with Crippen LogP contribution in [0.4, 0.5) is 4.39 Å². The average Bonchev–Trinajstić information content (AvgIpc) is 2.39. The predicted octanol–water partition coefficient (Wildman–Crippen LogP) is 1.75. The Labute approximate surface area is 106 Å². The molecule has 0 amide bonds. The highest BCUT2D eigenvalue weighted by atomic mass is 19.1. The van der Waals surface area contributed by atoms with Crippen LogP contribution in [-0.2, 0) is 16.1 Å². The van der Waals surface area contributed by atoms with Crippen LogP contribution in [-0.4, -0.2) is 38.6 Å². The van der Waals surface area contributed by atoms with Gasteiger partial charge in [-0.25, -0.2) is 4.39 Å². The van der Waals surface area contributed by atoms with Crippen LogP contribution in [0.5, 0.6) is 5.75 Å². The molecule has 0 atom stereocenters. The summed E-state index contributed by atoms with van der Waals surface area (Å²) in [5, 5.41) is 9.05. The van der Waals surface area contributed by atoms with Crippen LogP contribution >= 0.6 is 0 Å². The molecule has 1 aromatic rings. The van der Waals surface area contributed by atoms with Crippen molar-refractivity contribution >= 4 is 0 Å². The molecule has 1 rings (SSSR count). The van der Waals surface area contributed by atoms with Crippen LogP contribution in [0.2, 0.25) is 0 Å². The van der Waals surface area contributed by atoms with E-state index in [0.717, 1.165) is 6.42 Å². The van der Waals surface area contributed by atoms with Crippen LogP contribution in [0.1, 0.15) is 12.0 Å². The summed E-state index contributed by atoms with van der Waals surface area (Å²) < 4.78 is 28.5. The quantitative estimate of drug-likeness (QED) is 0.685. The molecule has 0 unspecified atom stereocenters. The summed E-state index contributed by atoms with van der Waals surface area (Å²) in [5.74, 6) is 0.0987. The molecule has 0 spiro atoms. The molecule has 0 fully saturated rings. The second kappa shape index (κ2) is 8.85. The van der Waals surface area contributed by atoms with Crippen molar-refractivity contribution in [2.24, 2.45) is 0 Å². The molecule has 0 saturated heterocycles. The van der Waals surface area contributed by atoms with Gasteiger partial charge in [-0.15, -0.1) is 0 Å². The summed E-state index contributed by atoms with van der Waals surface area (Å²) in [6.45, 7) is 1.86. The SMILES string of the molecule is COCCCOCCOc1ccc(F)cc1CO. The number of aliphatic hydroxyl groups is 1. The summed E-state index contributed by atoms with van der Waals surface area (Å²) >= 11 is 0. The molecule has 1 N–H and O–H groups in total. The van der Waals surface area contributed by atoms with E-state index < -0.39 is 0 Å². The van der Waals surface area contributed by atoms with Gasteiger partial charge in [-0.2, -0.15) is 0 Å². The molecular weight excluding hydrogens is 239 g/mol. The van der Waals surface area contributed by atoms with E-state index in [1.165, 1.54) is 18.2 Å². The molecule has 0 aliphatic carbocycles. The Bertz CT molecular complexity index is 344. The topological polar surface area (TPSA) is 47.9 Å². The largest absolute Gasteiger partial charge is 0.491 e. The number of hydrogen-bond donors (Lipinski definition) is 1. The van der Waals surface area contributed by atoms with Crippen LogP contribution in [0, 0.1) is 5.82 Å². The summed E-state index contributed by atoms with van der Waals surface area (Å²) in [6, 6.07) is 4.06. The van der Waals surface area contributed by atoms with E-state index in [9.17, 15) is 4.39 Å². The molecule has 1 aromatic carbocycles. The first-order chi connectivity index (χ1) is 8.77. The third kappa shape index (κ3) is 5.44. The fourth-order valence-corrected chi connectivity index (χ4v) is 1.43. The zero-order valence-corrected chi connectivity index (χ0v) is 10.5. The van der Waals surface area contributed by atoms with Gasteiger partial charge < -0.3 is 19.3 Å². The lowest BCUT2D eigenvalue weighted by Gasteiger charge is -2.10. The molecule has 0 aliphatic rings. The van der Waals surface area contributed by atoms with Gasteiger partial charge in [0.2, 0.25) is 0 Å². The first kappa shape index (κ1) is 14.9. The van der Waals surface area contributed by atoms with E-state index in [1.807, 2.05) is 0 Å². The van der Waals surface area contributed by atoms with E-state index in [2.05, 4.69) is 0 Å². The van der Waals surface area contributed by atoms with E-state index in [0.29, 0.717) is 37.7 Å². The number of hydrogen-bond acceptors (Lipinski definition) is 4. The van der Waals surface area contributed by atoms with Crippen LogP contribution in [0.15, 0.2) is 18.2 Å². The minimum Gasteiger partial charge on any atom is -0.491 e. The monoisotopic (exact) mass is 258 g/mol. The maximum absolute atomic E-state index is 12.9. The minimum absolute atomic E-state index is 0.248. The second-order valence-electron chi connectivity index (χ2n) is 3.72. The molecule has 4 nitrogen and oxygen atoms in total. The fourth-order valence-electron chi connectivity index (χ4n) is 1.43. The van der Waals surface area contributed by atoms with E-state index in [4.69, 9.17) is 19.3 Å². The van der Waals surface area contributed by atoms with Gasteiger partial charge in [-0.3, -0.25) is 0 Å². The number of rotatable bonds is 9. The number of benzene rings is 1. The van der Waals surface area contributed by atoms with Gasteiger partial charge in [0.25, 0.3) is 0 Å². The third-order valence-corrected chi connectivity index (χ3v) is 2.32. The Kier molecular flexibility index (Phi) is 7.32. The summed E-state index contributed by atoms with van der Waals surface area (Å²) in [5.41, 5.74) is 0.439. The van der Waals surface area contributed by atoms with Crippen molar-refractivity contribution in [3.8, 4) is 5.75 Å². The average molecular weight is 258 g/mol. The van der Waals surface area contributed by atoms with Gasteiger partial charge in [0.05, 0.1) is 13.2 Å². The summed E-state index contributed by atoms with van der Waals surface area (Å²) in [7, 11) is 1.65. The minimum atomic E-state index is -0.387. The van der Waals surface area contributed by atoms with Crippen molar-refractivity contribution in [2.45, 2.75) is 13.0 Å². The number of methoxy groups -OCH3 is 1. The number of aliphatic hydroxyl groups excluding tert-OH is 1. The molecule has 0 aromatic heterocycles. The van der Waals surface area contributed by atoms with Gasteiger partial charge in [-0.1, -0.05) is 0 Å². The Balaban J connectivity index is 2.22. The van der Waals surface area contributed by atoms with Gasteiger partial charge >= 0.3 is 0 Å². The van der Waals surface area contributed by atoms with Gasteiger partial charge in [-0.05, 0) is 24.6 Å². The number of halogens is 1. The van der Waals surface area contributed by atoms with Crippen LogP contribution in [0.25, 0.3) is 0 Å². The summed E-state index contributed by atoms with van der Waals surface area (Å²) in [4.78, 5) is 0. The van der Waals surface area contributed by atoms with Crippen molar-refractivity contribution in [3.63, 3.8) is 0 Å². The Hall–Kier alpha value is -1.17. The molecule has 5 heteroatoms. The van der Waals surface area contributed by atoms with E-state index >= 15 is 0 Å². The van der Waals surface area contributed by atoms with Crippen molar-refractivity contribution in [2.75, 3.05) is 33.5 Å². The molecule has 0 saturated carbocycles. The lowest BCUT2D eigenvalue weighted by Crippen LogP contribution is -2.09. The van der Waals surface area contributed by atoms with Crippen LogP contribution in [0.3, 0.4) is 0 Å². The van der Waals surface area contributed by atoms with Crippen molar-refractivity contribution in [1.82, 2.24) is 0 Å². The molecule has 0 radical (unpaired) electrons. The van der Waals surface area contributed by atoms with Crippen LogP contribution < -0.4 is 4.74 Å². The highest BCUT2D eigenvalue weighted by Gasteiger charge is 2.04. The third-order valence-electron chi connectivity index (χ3n) is 2.32. The maximum atomic E-state index is 12.9. The van der Waals surface area contributed by atoms with Crippen molar-refractivity contribution in [3.05, 3.63) is 29.6 Å². The first-order valence-corrected chi connectivity index (χ1v) is 5.86. The molecule has 0 heterocycles. The number of ether oxygens (including phenoxy) is 3. The zero-order valence-electron chi connectivity index (χ0n) is 10.5. The Morgan fingerprint density at radius 3 is 2.72 bits per heavy atom. The standard InChI is InChI=1S/C13H19FO4/c1-16-5-2-6-17-7-8-18-13-4-3-12(14)9-11(13)10-15/h3-4,9,15H,2,5-8,10H2,1H3. The first-order valence-electron chi connectivity index (χ1n) is 5.86. The smallest absolute Gasteiger partial charge is 0.125 e. The normalized spacial score (nSPS) is 10.6. The van der Waals surface area contributed by atoms with E-state index in [-0.39, 0.29) is 12.4 Å². The molecule has 0 aliphatic heterocycles. The van der Waals surface area contributed by atoms with Crippen molar-refractivity contribution in [1.29, 1.82) is 0 Å². The maximum Gasteiger partial charge on any atom is 0.125 e. The lowest BCUT2D eigenvalue weighted by atomic mass is 10.2. The molecule has 18 heavy (non-hydrogen) atoms. The predicted molar refractivity (Wildman–Crippen MR) is 65.1 cm³/mol. The molecule has 0 bridgehead atoms.